The lowest BCUT2D eigenvalue weighted by atomic mass is 9.89. The van der Waals surface area contributed by atoms with Gasteiger partial charge in [0.05, 0.1) is 32.3 Å². The SMILES string of the molecule is CCOC(=O)C1(C)NN(c2cccc(Cl)c2)C(C(=O)Nc2ccc(OC)cc2)=C1CCOS(C)(=O)=O. The molecule has 0 bridgehead atoms. The molecule has 3 rings (SSSR count). The minimum Gasteiger partial charge on any atom is -0.497 e. The smallest absolute Gasteiger partial charge is 0.332 e. The van der Waals surface area contributed by atoms with E-state index in [0.29, 0.717) is 22.1 Å². The van der Waals surface area contributed by atoms with Gasteiger partial charge in [-0.25, -0.2) is 10.2 Å². The van der Waals surface area contributed by atoms with Crippen LogP contribution in [0.4, 0.5) is 11.4 Å². The summed E-state index contributed by atoms with van der Waals surface area (Å²) in [5, 5.41) is 4.67. The molecule has 12 heteroatoms. The molecule has 2 aromatic carbocycles. The number of benzene rings is 2. The Morgan fingerprint density at radius 1 is 1.17 bits per heavy atom. The Morgan fingerprint density at radius 3 is 2.44 bits per heavy atom. The summed E-state index contributed by atoms with van der Waals surface area (Å²) >= 11 is 6.20. The van der Waals surface area contributed by atoms with E-state index in [4.69, 9.17) is 25.3 Å². The van der Waals surface area contributed by atoms with Crippen LogP contribution >= 0.6 is 11.6 Å². The number of halogens is 1. The molecular formula is C24H28ClN3O7S. The van der Waals surface area contributed by atoms with Gasteiger partial charge >= 0.3 is 5.97 Å². The number of amides is 1. The Hall–Kier alpha value is -3.12. The fourth-order valence-corrected chi connectivity index (χ4v) is 4.31. The fraction of sp³-hybridized carbons (Fsp3) is 0.333. The maximum atomic E-state index is 13.7. The zero-order chi connectivity index (χ0) is 26.5. The van der Waals surface area contributed by atoms with Crippen molar-refractivity contribution in [3.8, 4) is 5.75 Å². The van der Waals surface area contributed by atoms with Crippen molar-refractivity contribution in [3.05, 3.63) is 64.8 Å². The van der Waals surface area contributed by atoms with E-state index in [0.717, 1.165) is 6.26 Å². The van der Waals surface area contributed by atoms with Gasteiger partial charge in [-0.1, -0.05) is 17.7 Å². The first kappa shape index (κ1) is 27.5. The Bertz CT molecular complexity index is 1260. The van der Waals surface area contributed by atoms with Gasteiger partial charge in [-0.2, -0.15) is 8.42 Å². The van der Waals surface area contributed by atoms with Crippen LogP contribution < -0.4 is 20.5 Å². The molecule has 1 atom stereocenters. The van der Waals surface area contributed by atoms with E-state index in [1.54, 1.807) is 62.4 Å². The number of carbonyl (C=O) groups excluding carboxylic acids is 2. The van der Waals surface area contributed by atoms with Crippen LogP contribution in [0.2, 0.25) is 5.02 Å². The van der Waals surface area contributed by atoms with Gasteiger partial charge in [0.1, 0.15) is 11.4 Å². The zero-order valence-electron chi connectivity index (χ0n) is 20.3. The maximum Gasteiger partial charge on any atom is 0.332 e. The lowest BCUT2D eigenvalue weighted by Gasteiger charge is -2.28. The van der Waals surface area contributed by atoms with E-state index < -0.39 is 27.5 Å². The van der Waals surface area contributed by atoms with Gasteiger partial charge in [-0.3, -0.25) is 14.0 Å². The number of rotatable bonds is 10. The third kappa shape index (κ3) is 6.35. The Labute approximate surface area is 215 Å². The van der Waals surface area contributed by atoms with Gasteiger partial charge in [0, 0.05) is 10.7 Å². The van der Waals surface area contributed by atoms with E-state index in [1.807, 2.05) is 0 Å². The molecule has 0 spiro atoms. The number of nitrogens with one attached hydrogen (secondary N) is 2. The van der Waals surface area contributed by atoms with Crippen molar-refractivity contribution >= 4 is 45.0 Å². The molecule has 0 radical (unpaired) electrons. The van der Waals surface area contributed by atoms with Crippen LogP contribution in [0.1, 0.15) is 20.3 Å². The number of hydrogen-bond donors (Lipinski definition) is 2. The molecule has 0 aromatic heterocycles. The number of ether oxygens (including phenoxy) is 2. The third-order valence-corrected chi connectivity index (χ3v) is 6.24. The first-order valence-corrected chi connectivity index (χ1v) is 13.2. The summed E-state index contributed by atoms with van der Waals surface area (Å²) in [5.41, 5.74) is 2.91. The lowest BCUT2D eigenvalue weighted by molar-refractivity contribution is -0.148. The summed E-state index contributed by atoms with van der Waals surface area (Å²) in [5.74, 6) is -0.572. The second-order valence-electron chi connectivity index (χ2n) is 8.06. The van der Waals surface area contributed by atoms with Gasteiger partial charge < -0.3 is 14.8 Å². The van der Waals surface area contributed by atoms with Crippen molar-refractivity contribution in [2.45, 2.75) is 25.8 Å². The molecule has 0 aliphatic carbocycles. The molecule has 36 heavy (non-hydrogen) atoms. The average Bonchev–Trinajstić information content (AvgIpc) is 3.13. The van der Waals surface area contributed by atoms with Crippen LogP contribution in [0.5, 0.6) is 5.75 Å². The van der Waals surface area contributed by atoms with E-state index in [9.17, 15) is 18.0 Å². The number of carbonyl (C=O) groups is 2. The van der Waals surface area contributed by atoms with Crippen molar-refractivity contribution in [1.29, 1.82) is 0 Å². The van der Waals surface area contributed by atoms with Gasteiger partial charge in [0.15, 0.2) is 5.54 Å². The molecule has 2 aromatic rings. The van der Waals surface area contributed by atoms with E-state index in [1.165, 1.54) is 12.1 Å². The normalized spacial score (nSPS) is 17.8. The summed E-state index contributed by atoms with van der Waals surface area (Å²) in [7, 11) is -2.22. The summed E-state index contributed by atoms with van der Waals surface area (Å²) in [6, 6.07) is 13.4. The van der Waals surface area contributed by atoms with Gasteiger partial charge in [0.25, 0.3) is 16.0 Å². The highest BCUT2D eigenvalue weighted by Crippen LogP contribution is 2.37. The Kier molecular flexibility index (Phi) is 8.62. The zero-order valence-corrected chi connectivity index (χ0v) is 21.9. The highest BCUT2D eigenvalue weighted by atomic mass is 35.5. The number of hydrogen-bond acceptors (Lipinski definition) is 9. The van der Waals surface area contributed by atoms with Crippen molar-refractivity contribution in [2.24, 2.45) is 0 Å². The average molecular weight is 538 g/mol. The minimum absolute atomic E-state index is 0.0577. The Morgan fingerprint density at radius 2 is 1.86 bits per heavy atom. The summed E-state index contributed by atoms with van der Waals surface area (Å²) < 4.78 is 38.5. The summed E-state index contributed by atoms with van der Waals surface area (Å²) in [4.78, 5) is 26.8. The van der Waals surface area contributed by atoms with Crippen molar-refractivity contribution in [2.75, 3.05) is 36.9 Å². The van der Waals surface area contributed by atoms with Crippen LogP contribution in [0.15, 0.2) is 59.8 Å². The predicted molar refractivity (Wildman–Crippen MR) is 136 cm³/mol. The van der Waals surface area contributed by atoms with Crippen molar-refractivity contribution in [1.82, 2.24) is 5.43 Å². The fourth-order valence-electron chi connectivity index (χ4n) is 3.74. The molecule has 1 aliphatic rings. The van der Waals surface area contributed by atoms with Crippen molar-refractivity contribution < 1.29 is 31.7 Å². The van der Waals surface area contributed by atoms with Gasteiger partial charge in [-0.05, 0) is 68.3 Å². The van der Waals surface area contributed by atoms with E-state index in [2.05, 4.69) is 10.7 Å². The van der Waals surface area contributed by atoms with Crippen LogP contribution in [0.25, 0.3) is 0 Å². The predicted octanol–water partition coefficient (Wildman–Crippen LogP) is 3.25. The van der Waals surface area contributed by atoms with Gasteiger partial charge in [0.2, 0.25) is 0 Å². The largest absolute Gasteiger partial charge is 0.497 e. The highest BCUT2D eigenvalue weighted by molar-refractivity contribution is 7.85. The molecule has 1 amide bonds. The number of nitrogens with zero attached hydrogens (tertiary/aromatic N) is 1. The molecule has 0 saturated carbocycles. The molecule has 10 nitrogen and oxygen atoms in total. The number of methoxy groups -OCH3 is 1. The second kappa shape index (κ2) is 11.3. The molecule has 0 saturated heterocycles. The van der Waals surface area contributed by atoms with Crippen molar-refractivity contribution in [3.63, 3.8) is 0 Å². The van der Waals surface area contributed by atoms with Crippen LogP contribution in [-0.4, -0.2) is 52.4 Å². The number of anilines is 2. The number of hydrazine groups is 1. The third-order valence-electron chi connectivity index (χ3n) is 5.41. The molecule has 2 N–H and O–H groups in total. The molecule has 194 valence electrons. The lowest BCUT2D eigenvalue weighted by Crippen LogP contribution is -2.53. The maximum absolute atomic E-state index is 13.7. The first-order chi connectivity index (χ1) is 17.0. The minimum atomic E-state index is -3.75. The summed E-state index contributed by atoms with van der Waals surface area (Å²) in [6.45, 7) is 3.05. The first-order valence-electron chi connectivity index (χ1n) is 11.0. The second-order valence-corrected chi connectivity index (χ2v) is 10.1. The van der Waals surface area contributed by atoms with E-state index >= 15 is 0 Å². The highest BCUT2D eigenvalue weighted by Gasteiger charge is 2.50. The molecule has 1 aliphatic heterocycles. The van der Waals surface area contributed by atoms with Gasteiger partial charge in [-0.15, -0.1) is 0 Å². The monoisotopic (exact) mass is 537 g/mol. The molecule has 0 fully saturated rings. The quantitative estimate of drug-likeness (QED) is 0.347. The molecule has 1 unspecified atom stereocenters. The Balaban J connectivity index is 2.11. The summed E-state index contributed by atoms with van der Waals surface area (Å²) in [6.07, 6.45) is 0.867. The van der Waals surface area contributed by atoms with Crippen LogP contribution in [0.3, 0.4) is 0 Å². The topological polar surface area (TPSA) is 123 Å². The van der Waals surface area contributed by atoms with Crippen LogP contribution in [-0.2, 0) is 28.6 Å². The van der Waals surface area contributed by atoms with Crippen LogP contribution in [0, 0.1) is 0 Å². The number of esters is 1. The van der Waals surface area contributed by atoms with E-state index in [-0.39, 0.29) is 30.9 Å². The molecular weight excluding hydrogens is 510 g/mol. The molecule has 1 heterocycles. The standard InChI is InChI=1S/C24H28ClN3O7S/c1-5-34-23(30)24(2)20(13-14-35-36(4,31)32)21(28(27-24)18-8-6-7-16(25)15-18)22(29)26-17-9-11-19(33-3)12-10-17/h6-12,15,27H,5,13-14H2,1-4H3,(H,26,29).